The van der Waals surface area contributed by atoms with Gasteiger partial charge in [0.15, 0.2) is 6.23 Å². The quantitative estimate of drug-likeness (QED) is 0.0283. The van der Waals surface area contributed by atoms with Crippen molar-refractivity contribution in [1.82, 2.24) is 15.5 Å². The number of phosphoric acid groups is 1. The first kappa shape index (κ1) is 43.0. The smallest absolute Gasteiger partial charge is 0.756 e. The molecule has 0 spiro atoms. The van der Waals surface area contributed by atoms with Crippen LogP contribution in [-0.4, -0.2) is 140 Å². The summed E-state index contributed by atoms with van der Waals surface area (Å²) in [4.78, 5) is 52.3. The largest absolute Gasteiger partial charge is 1.00 e. The van der Waals surface area contributed by atoms with Crippen molar-refractivity contribution >= 4 is 25.7 Å². The van der Waals surface area contributed by atoms with Crippen molar-refractivity contribution in [3.05, 3.63) is 22.7 Å². The van der Waals surface area contributed by atoms with E-state index >= 15 is 0 Å². The van der Waals surface area contributed by atoms with Gasteiger partial charge in [0, 0.05) is 17.5 Å². The number of carbonyl (C=O) groups excluding carboxylic acids is 3. The van der Waals surface area contributed by atoms with E-state index < -0.39 is 119 Å². The topological polar surface area (TPSA) is 375 Å². The number of hydrogen-bond acceptors (Lipinski definition) is 18. The number of phosphoric ester groups is 1. The van der Waals surface area contributed by atoms with Gasteiger partial charge in [0.1, 0.15) is 49.1 Å². The van der Waals surface area contributed by atoms with Crippen LogP contribution in [0.3, 0.4) is 0 Å². The van der Waals surface area contributed by atoms with Crippen molar-refractivity contribution < 1.29 is 137 Å². The van der Waals surface area contributed by atoms with E-state index in [4.69, 9.17) is 20.7 Å². The van der Waals surface area contributed by atoms with Crippen LogP contribution in [0.1, 0.15) is 6.42 Å². The Balaban J connectivity index is 0.00000529. The standard InChI is InChI=1S/C20H32N7O16P.2Na/c21-10-1-2-27(19(37)24-10)17-15(34)14(33)9(41-17)6-40-44(38,39)43-20(18(35)36)3-7(29)12(25-11(31)4-23-26-22)16(42-20)13(32)8(30)5-28;;/h1-2,7-10,12-17,28-30,32-34H,3-6,21H2,(H,24,37)(H,25,31)(H,35,36)(H,38,39);;/q;2*+1/p-2/t7-,8+,9+,10?,12+,13+,14+,15+,16+,17+,20+;;/m0../s1. The van der Waals surface area contributed by atoms with Crippen molar-refractivity contribution in [2.45, 2.75) is 73.4 Å². The number of nitrogens with zero attached hydrogens (tertiary/aromatic N) is 4. The van der Waals surface area contributed by atoms with Crippen LogP contribution in [-0.2, 0) is 32.7 Å². The van der Waals surface area contributed by atoms with E-state index in [-0.39, 0.29) is 59.1 Å². The van der Waals surface area contributed by atoms with Crippen LogP contribution in [0, 0.1) is 0 Å². The molecule has 3 aliphatic rings. The van der Waals surface area contributed by atoms with Gasteiger partial charge in [-0.2, -0.15) is 0 Å². The molecule has 26 heteroatoms. The van der Waals surface area contributed by atoms with E-state index in [0.717, 1.165) is 11.1 Å². The Morgan fingerprint density at radius 2 is 1.98 bits per heavy atom. The summed E-state index contributed by atoms with van der Waals surface area (Å²) >= 11 is 0. The molecule has 0 aliphatic carbocycles. The second kappa shape index (κ2) is 18.1. The Labute approximate surface area is 303 Å². The van der Waals surface area contributed by atoms with Gasteiger partial charge < -0.3 is 75.8 Å². The van der Waals surface area contributed by atoms with Crippen LogP contribution in [0.4, 0.5) is 4.79 Å². The molecule has 0 aromatic heterocycles. The number of carbonyl (C=O) groups is 3. The van der Waals surface area contributed by atoms with Crippen LogP contribution < -0.4 is 85.5 Å². The van der Waals surface area contributed by atoms with Gasteiger partial charge in [0.25, 0.3) is 7.82 Å². The summed E-state index contributed by atoms with van der Waals surface area (Å²) < 4.78 is 32.5. The minimum atomic E-state index is -5.87. The number of nitrogens with two attached hydrogens (primary N) is 1. The van der Waals surface area contributed by atoms with Crippen molar-refractivity contribution in [2.24, 2.45) is 10.8 Å². The number of aliphatic carboxylic acids is 1. The minimum Gasteiger partial charge on any atom is -0.756 e. The van der Waals surface area contributed by atoms with Gasteiger partial charge in [0.05, 0.1) is 31.5 Å². The molecule has 2 unspecified atom stereocenters. The molecule has 2 fully saturated rings. The van der Waals surface area contributed by atoms with E-state index in [1.807, 2.05) is 0 Å². The maximum atomic E-state index is 12.7. The van der Waals surface area contributed by atoms with Gasteiger partial charge in [-0.05, 0) is 11.6 Å². The number of nitrogens with one attached hydrogen (secondary N) is 2. The maximum absolute atomic E-state index is 12.7. The number of hydrogen-bond donors (Lipinski definition) is 9. The molecule has 3 amide bonds. The second-order valence-corrected chi connectivity index (χ2v) is 11.1. The number of amides is 3. The fraction of sp³-hybridized carbons (Fsp3) is 0.750. The minimum absolute atomic E-state index is 0. The fourth-order valence-electron chi connectivity index (χ4n) is 4.49. The predicted octanol–water partition coefficient (Wildman–Crippen LogP) is -13.1. The molecule has 23 nitrogen and oxygen atoms in total. The summed E-state index contributed by atoms with van der Waals surface area (Å²) in [5.41, 5.74) is 13.9. The Morgan fingerprint density at radius 1 is 1.33 bits per heavy atom. The molecule has 2 saturated heterocycles. The summed E-state index contributed by atoms with van der Waals surface area (Å²) in [5, 5.41) is 80.4. The van der Waals surface area contributed by atoms with Gasteiger partial charge in [-0.25, -0.2) is 4.79 Å². The third-order valence-electron chi connectivity index (χ3n) is 6.65. The van der Waals surface area contributed by atoms with Crippen molar-refractivity contribution in [3.8, 4) is 0 Å². The Kier molecular flexibility index (Phi) is 17.0. The van der Waals surface area contributed by atoms with Crippen LogP contribution in [0.5, 0.6) is 0 Å². The molecule has 10 N–H and O–H groups in total. The van der Waals surface area contributed by atoms with E-state index in [1.54, 1.807) is 0 Å². The Hall–Kier alpha value is -0.990. The predicted molar refractivity (Wildman–Crippen MR) is 131 cm³/mol. The SMILES string of the molecule is [N-]=[N+]=NCC(=O)N[C@H]1[C@H]([C@H](O)[C@H](O)CO)O[C@](OP(=O)([O-])OC[C@H]2O[C@@H](N3C=CC(N)NC3=O)[C@H](O)[C@@H]2O)(C(=O)[O-])C[C@@H]1O.[Na+].[Na+]. The van der Waals surface area contributed by atoms with Crippen LogP contribution in [0.15, 0.2) is 17.4 Å². The summed E-state index contributed by atoms with van der Waals surface area (Å²) in [6.45, 7) is -3.09. The van der Waals surface area contributed by atoms with Crippen LogP contribution >= 0.6 is 7.82 Å². The first-order valence-electron chi connectivity index (χ1n) is 12.6. The molecule has 3 heterocycles. The first-order valence-corrected chi connectivity index (χ1v) is 14.1. The molecular weight excluding hydrogens is 671 g/mol. The molecule has 3 aliphatic heterocycles. The number of aliphatic hydroxyl groups excluding tert-OH is 6. The number of aliphatic hydroxyl groups is 6. The average molecular weight is 701 g/mol. The molecule has 0 bridgehead atoms. The first-order chi connectivity index (χ1) is 20.6. The monoisotopic (exact) mass is 701 g/mol. The van der Waals surface area contributed by atoms with Gasteiger partial charge in [-0.3, -0.25) is 18.8 Å². The molecule has 0 radical (unpaired) electrons. The number of azide groups is 1. The zero-order valence-corrected chi connectivity index (χ0v) is 29.2. The van der Waals surface area contributed by atoms with E-state index in [9.17, 15) is 59.6 Å². The third kappa shape index (κ3) is 10.3. The van der Waals surface area contributed by atoms with Crippen LogP contribution in [0.25, 0.3) is 10.4 Å². The van der Waals surface area contributed by atoms with Gasteiger partial charge >= 0.3 is 65.1 Å². The molecule has 46 heavy (non-hydrogen) atoms. The van der Waals surface area contributed by atoms with Gasteiger partial charge in [-0.15, -0.1) is 0 Å². The Morgan fingerprint density at radius 3 is 2.54 bits per heavy atom. The Bertz CT molecular complexity index is 1220. The molecule has 0 aromatic rings. The van der Waals surface area contributed by atoms with E-state index in [0.29, 0.717) is 0 Å². The number of urea groups is 1. The van der Waals surface area contributed by atoms with Crippen molar-refractivity contribution in [1.29, 1.82) is 0 Å². The van der Waals surface area contributed by atoms with Gasteiger partial charge in [0.2, 0.25) is 11.7 Å². The summed E-state index contributed by atoms with van der Waals surface area (Å²) in [6, 6.07) is -2.61. The molecule has 0 saturated carbocycles. The van der Waals surface area contributed by atoms with Crippen LogP contribution in [0.2, 0.25) is 0 Å². The van der Waals surface area contributed by atoms with E-state index in [1.165, 1.54) is 6.08 Å². The fourth-order valence-corrected chi connectivity index (χ4v) is 5.43. The number of carboxylic acids is 1. The second-order valence-electron chi connectivity index (χ2n) is 9.72. The third-order valence-corrected chi connectivity index (χ3v) is 7.64. The summed E-state index contributed by atoms with van der Waals surface area (Å²) in [5.74, 6) is -6.96. The number of carboxylic acid groups (broad SMARTS) is 1. The number of ether oxygens (including phenoxy) is 2. The van der Waals surface area contributed by atoms with E-state index in [2.05, 4.69) is 29.7 Å². The van der Waals surface area contributed by atoms with Crippen molar-refractivity contribution in [2.75, 3.05) is 19.8 Å². The molecule has 248 valence electrons. The van der Waals surface area contributed by atoms with Gasteiger partial charge in [-0.1, -0.05) is 5.11 Å². The number of rotatable bonds is 13. The normalized spacial score (nSPS) is 34.9. The summed E-state index contributed by atoms with van der Waals surface area (Å²) in [7, 11) is -5.87. The zero-order chi connectivity index (χ0) is 33.0. The van der Waals surface area contributed by atoms with Crippen molar-refractivity contribution in [3.63, 3.8) is 0 Å². The molecule has 3 rings (SSSR count). The zero-order valence-electron chi connectivity index (χ0n) is 24.3. The molecule has 0 aromatic carbocycles. The molecule has 12 atom stereocenters. The maximum Gasteiger partial charge on any atom is 1.00 e. The molecular formula is C20H30N7Na2O16P. The average Bonchev–Trinajstić information content (AvgIpc) is 3.23. The summed E-state index contributed by atoms with van der Waals surface area (Å²) in [6.07, 6.45) is -15.1.